The number of rotatable bonds is 7. The minimum atomic E-state index is -0.138. The summed E-state index contributed by atoms with van der Waals surface area (Å²) in [5, 5.41) is 3.11. The van der Waals surface area contributed by atoms with Crippen LogP contribution in [0.1, 0.15) is 219 Å². The highest BCUT2D eigenvalue weighted by molar-refractivity contribution is 6.94. The van der Waals surface area contributed by atoms with Crippen LogP contribution in [0.25, 0.3) is 27.4 Å². The van der Waals surface area contributed by atoms with Gasteiger partial charge < -0.3 is 9.47 Å². The fourth-order valence-electron chi connectivity index (χ4n) is 17.9. The largest absolute Gasteiger partial charge is 0.334 e. The van der Waals surface area contributed by atoms with Gasteiger partial charge in [0.15, 0.2) is 0 Å². The smallest absolute Gasteiger partial charge is 0.247 e. The van der Waals surface area contributed by atoms with Gasteiger partial charge in [-0.2, -0.15) is 0 Å². The summed E-state index contributed by atoms with van der Waals surface area (Å²) in [6, 6.07) is 31.7. The predicted octanol–water partition coefficient (Wildman–Crippen LogP) is 17.0. The standard InChI is InChI=1S/C68H77BN2/c1-68(52-28-16-6-17-29-52,53-30-18-7-19-31-53)58-34-37-63-64-67(58)71-62-36-33-49(45-22-10-3-11-23-45)39-55(62)57-41-51(47-26-14-5-15-27-47)43-60(66(57)71)69(64)59-42-50(46-24-12-4-13-25-46)40-56-54-38-48(44-20-8-2-9-21-44)32-35-61(54)70(63)65(56)59/h6-7,16-18,28-29,32-35,38-47,53,62-63H,2-5,8-15,19-27,30-31,36-37H2,1H3. The Labute approximate surface area is 425 Å². The fourth-order valence-corrected chi connectivity index (χ4v) is 17.9. The van der Waals surface area contributed by atoms with Gasteiger partial charge in [-0.1, -0.05) is 163 Å². The number of hydrogen-bond donors (Lipinski definition) is 0. The summed E-state index contributed by atoms with van der Waals surface area (Å²) in [7, 11) is 0. The molecule has 2 nitrogen and oxygen atoms in total. The van der Waals surface area contributed by atoms with Gasteiger partial charge >= 0.3 is 0 Å². The Morgan fingerprint density at radius 3 is 1.87 bits per heavy atom. The van der Waals surface area contributed by atoms with Crippen LogP contribution in [0.4, 0.5) is 5.69 Å². The first-order chi connectivity index (χ1) is 35.1. The average molecular weight is 933 g/mol. The van der Waals surface area contributed by atoms with Crippen molar-refractivity contribution in [2.24, 2.45) is 11.8 Å². The van der Waals surface area contributed by atoms with Crippen molar-refractivity contribution < 1.29 is 0 Å². The number of aromatic nitrogens is 1. The topological polar surface area (TPSA) is 8.17 Å². The Bertz CT molecular complexity index is 3090. The Hall–Kier alpha value is -4.76. The number of allylic oxidation sites excluding steroid dienone is 7. The van der Waals surface area contributed by atoms with Gasteiger partial charge in [-0.15, -0.1) is 0 Å². The van der Waals surface area contributed by atoms with Gasteiger partial charge in [-0.05, 0) is 193 Å². The van der Waals surface area contributed by atoms with Crippen LogP contribution in [0.2, 0.25) is 0 Å². The third-order valence-electron chi connectivity index (χ3n) is 21.5. The van der Waals surface area contributed by atoms with Crippen LogP contribution < -0.4 is 15.8 Å². The second-order valence-corrected chi connectivity index (χ2v) is 25.1. The molecule has 71 heavy (non-hydrogen) atoms. The summed E-state index contributed by atoms with van der Waals surface area (Å²) in [4.78, 5) is 3.07. The van der Waals surface area contributed by atoms with Crippen LogP contribution in [0.15, 0.2) is 125 Å². The van der Waals surface area contributed by atoms with Crippen LogP contribution >= 0.6 is 0 Å². The van der Waals surface area contributed by atoms with Crippen molar-refractivity contribution in [3.63, 3.8) is 0 Å². The van der Waals surface area contributed by atoms with E-state index >= 15 is 0 Å². The number of anilines is 1. The molecule has 4 heterocycles. The molecule has 0 spiro atoms. The molecule has 4 atom stereocenters. The van der Waals surface area contributed by atoms with Gasteiger partial charge in [0.25, 0.3) is 0 Å². The van der Waals surface area contributed by atoms with E-state index in [2.05, 4.69) is 120 Å². The predicted molar refractivity (Wildman–Crippen MR) is 301 cm³/mol. The molecule has 7 aliphatic carbocycles. The first-order valence-corrected chi connectivity index (χ1v) is 29.8. The van der Waals surface area contributed by atoms with Crippen molar-refractivity contribution in [2.75, 3.05) is 4.90 Å². The van der Waals surface area contributed by atoms with Crippen LogP contribution in [0.3, 0.4) is 0 Å². The quantitative estimate of drug-likeness (QED) is 0.117. The van der Waals surface area contributed by atoms with E-state index in [1.807, 2.05) is 0 Å². The first kappa shape index (κ1) is 43.8. The Morgan fingerprint density at radius 1 is 0.549 bits per heavy atom. The lowest BCUT2D eigenvalue weighted by molar-refractivity contribution is 0.312. The molecular weight excluding hydrogens is 856 g/mol. The van der Waals surface area contributed by atoms with Gasteiger partial charge in [0, 0.05) is 44.2 Å². The Kier molecular flexibility index (Phi) is 10.8. The Balaban J connectivity index is 1.03. The average Bonchev–Trinajstić information content (AvgIpc) is 3.96. The van der Waals surface area contributed by atoms with Crippen molar-refractivity contribution in [3.05, 3.63) is 153 Å². The Morgan fingerprint density at radius 2 is 1.18 bits per heavy atom. The van der Waals surface area contributed by atoms with E-state index in [0.717, 1.165) is 19.3 Å². The third kappa shape index (κ3) is 6.78. The van der Waals surface area contributed by atoms with Gasteiger partial charge in [0.05, 0.1) is 12.1 Å². The van der Waals surface area contributed by atoms with Gasteiger partial charge in [-0.25, -0.2) is 0 Å². The minimum absolute atomic E-state index is 0.138. The van der Waals surface area contributed by atoms with Crippen molar-refractivity contribution in [1.29, 1.82) is 0 Å². The number of nitrogens with zero attached hydrogens (tertiary/aromatic N) is 2. The van der Waals surface area contributed by atoms with Crippen LogP contribution in [-0.2, 0) is 5.41 Å². The molecule has 10 aliphatic rings. The molecule has 362 valence electrons. The SMILES string of the molecule is CC(C1=CCC2C3=C1N1c4c(cc(C5CCCCC5)cc4C4=CC(C5CCCCC5)=CCC41)B3c1cc(C3CCCCC3)cc3c4cc(C5CCCCC5)ccc4n2c13)(c1ccccc1)C1CC=CCC1. The summed E-state index contributed by atoms with van der Waals surface area (Å²) < 4.78 is 2.96. The molecule has 4 saturated carbocycles. The van der Waals surface area contributed by atoms with Crippen LogP contribution in [0.5, 0.6) is 0 Å². The summed E-state index contributed by atoms with van der Waals surface area (Å²) in [6.45, 7) is 2.94. The van der Waals surface area contributed by atoms with E-state index in [4.69, 9.17) is 0 Å². The molecule has 3 heteroatoms. The molecule has 0 N–H and O–H groups in total. The van der Waals surface area contributed by atoms with Crippen molar-refractivity contribution in [3.8, 4) is 0 Å². The molecule has 15 rings (SSSR count). The number of hydrogen-bond acceptors (Lipinski definition) is 1. The number of benzene rings is 4. The molecular formula is C68H77BN2. The fraction of sp³-hybridized carbons (Fsp3) is 0.500. The lowest BCUT2D eigenvalue weighted by Gasteiger charge is -2.52. The van der Waals surface area contributed by atoms with Crippen molar-refractivity contribution >= 4 is 50.7 Å². The molecule has 0 radical (unpaired) electrons. The van der Waals surface area contributed by atoms with Crippen LogP contribution in [-0.4, -0.2) is 17.3 Å². The lowest BCUT2D eigenvalue weighted by Crippen LogP contribution is -2.58. The monoisotopic (exact) mass is 933 g/mol. The van der Waals surface area contributed by atoms with E-state index in [1.54, 1.807) is 83.0 Å². The molecule has 5 aromatic rings. The highest BCUT2D eigenvalue weighted by Crippen LogP contribution is 2.60. The molecule has 3 aliphatic heterocycles. The van der Waals surface area contributed by atoms with Gasteiger partial charge in [-0.3, -0.25) is 0 Å². The molecule has 0 saturated heterocycles. The molecule has 0 bridgehead atoms. The van der Waals surface area contributed by atoms with Crippen molar-refractivity contribution in [1.82, 2.24) is 4.57 Å². The van der Waals surface area contributed by atoms with Gasteiger partial charge in [0.1, 0.15) is 0 Å². The maximum absolute atomic E-state index is 3.07. The van der Waals surface area contributed by atoms with Crippen LogP contribution in [0, 0.1) is 11.8 Å². The zero-order chi connectivity index (χ0) is 46.8. The molecule has 0 amide bonds. The lowest BCUT2D eigenvalue weighted by atomic mass is 9.31. The van der Waals surface area contributed by atoms with E-state index < -0.39 is 0 Å². The van der Waals surface area contributed by atoms with E-state index in [-0.39, 0.29) is 18.2 Å². The summed E-state index contributed by atoms with van der Waals surface area (Å²) in [6.07, 6.45) is 46.5. The van der Waals surface area contributed by atoms with Crippen molar-refractivity contribution in [2.45, 2.75) is 203 Å². The molecule has 1 aromatic heterocycles. The van der Waals surface area contributed by atoms with E-state index in [1.165, 1.54) is 152 Å². The summed E-state index contributed by atoms with van der Waals surface area (Å²) >= 11 is 0. The summed E-state index contributed by atoms with van der Waals surface area (Å²) in [5.74, 6) is 3.25. The highest BCUT2D eigenvalue weighted by atomic mass is 15.2. The second-order valence-electron chi connectivity index (χ2n) is 25.1. The van der Waals surface area contributed by atoms with Gasteiger partial charge in [0.2, 0.25) is 6.71 Å². The molecule has 4 aromatic carbocycles. The number of fused-ring (bicyclic) bond motifs is 10. The molecule has 4 fully saturated rings. The van der Waals surface area contributed by atoms with E-state index in [0.29, 0.717) is 35.6 Å². The summed E-state index contributed by atoms with van der Waals surface area (Å²) in [5.41, 5.74) is 24.1. The maximum Gasteiger partial charge on any atom is 0.247 e. The molecule has 4 unspecified atom stereocenters. The zero-order valence-corrected chi connectivity index (χ0v) is 43.0. The first-order valence-electron chi connectivity index (χ1n) is 29.8. The maximum atomic E-state index is 3.07. The second kappa shape index (κ2) is 17.4. The minimum Gasteiger partial charge on any atom is -0.334 e. The third-order valence-corrected chi connectivity index (χ3v) is 21.5. The highest BCUT2D eigenvalue weighted by Gasteiger charge is 2.55. The zero-order valence-electron chi connectivity index (χ0n) is 43.0. The van der Waals surface area contributed by atoms with E-state index in [9.17, 15) is 0 Å². The normalized spacial score (nSPS) is 26.8.